The van der Waals surface area contributed by atoms with Crippen molar-refractivity contribution in [3.8, 4) is 0 Å². The Bertz CT molecular complexity index is 821. The lowest BCUT2D eigenvalue weighted by molar-refractivity contribution is -0.146. The standard InChI is InChI=1S/C16H17N3O5/c1-3-23-15(21)11(16(22)24-4-2)9-17-12-10-18-13-7-5-6-8-19(13)14(12)20/h5-10,17H,3-4H2,1-2H3. The lowest BCUT2D eigenvalue weighted by atomic mass is 10.3. The number of anilines is 1. The maximum Gasteiger partial charge on any atom is 0.347 e. The molecule has 0 aliphatic heterocycles. The van der Waals surface area contributed by atoms with Gasteiger partial charge in [-0.1, -0.05) is 6.07 Å². The highest BCUT2D eigenvalue weighted by molar-refractivity contribution is 6.14. The molecule has 0 saturated heterocycles. The minimum absolute atomic E-state index is 0.102. The van der Waals surface area contributed by atoms with Crippen molar-refractivity contribution in [2.45, 2.75) is 13.8 Å². The summed E-state index contributed by atoms with van der Waals surface area (Å²) in [6.07, 6.45) is 3.98. The van der Waals surface area contributed by atoms with E-state index in [-0.39, 0.29) is 30.0 Å². The zero-order valence-electron chi connectivity index (χ0n) is 13.3. The summed E-state index contributed by atoms with van der Waals surface area (Å²) >= 11 is 0. The van der Waals surface area contributed by atoms with E-state index in [0.717, 1.165) is 6.20 Å². The van der Waals surface area contributed by atoms with Crippen LogP contribution in [-0.2, 0) is 19.1 Å². The molecule has 2 heterocycles. The molecule has 0 unspecified atom stereocenters. The van der Waals surface area contributed by atoms with E-state index in [0.29, 0.717) is 5.65 Å². The van der Waals surface area contributed by atoms with E-state index < -0.39 is 11.9 Å². The summed E-state index contributed by atoms with van der Waals surface area (Å²) in [6.45, 7) is 3.45. The molecular weight excluding hydrogens is 314 g/mol. The van der Waals surface area contributed by atoms with Gasteiger partial charge < -0.3 is 14.8 Å². The number of esters is 2. The lowest BCUT2D eigenvalue weighted by Crippen LogP contribution is -2.21. The Kier molecular flexibility index (Phi) is 5.67. The molecule has 1 N–H and O–H groups in total. The predicted molar refractivity (Wildman–Crippen MR) is 86.4 cm³/mol. The Labute approximate surface area is 137 Å². The van der Waals surface area contributed by atoms with E-state index >= 15 is 0 Å². The summed E-state index contributed by atoms with van der Waals surface area (Å²) < 4.78 is 11.0. The third-order valence-electron chi connectivity index (χ3n) is 2.98. The molecule has 0 spiro atoms. The second kappa shape index (κ2) is 7.91. The molecule has 0 aliphatic carbocycles. The van der Waals surface area contributed by atoms with Crippen molar-refractivity contribution in [1.29, 1.82) is 0 Å². The summed E-state index contributed by atoms with van der Waals surface area (Å²) in [5.41, 5.74) is -0.127. The van der Waals surface area contributed by atoms with Gasteiger partial charge in [0, 0.05) is 12.4 Å². The van der Waals surface area contributed by atoms with Crippen LogP contribution in [0.4, 0.5) is 5.69 Å². The zero-order valence-corrected chi connectivity index (χ0v) is 13.3. The maximum atomic E-state index is 12.3. The van der Waals surface area contributed by atoms with E-state index in [1.165, 1.54) is 10.6 Å². The van der Waals surface area contributed by atoms with Crippen molar-refractivity contribution >= 4 is 23.3 Å². The van der Waals surface area contributed by atoms with Crippen LogP contribution in [0.25, 0.3) is 5.65 Å². The third-order valence-corrected chi connectivity index (χ3v) is 2.98. The molecule has 0 aliphatic rings. The van der Waals surface area contributed by atoms with Gasteiger partial charge in [-0.2, -0.15) is 0 Å². The van der Waals surface area contributed by atoms with Crippen LogP contribution in [0.1, 0.15) is 13.8 Å². The van der Waals surface area contributed by atoms with E-state index in [4.69, 9.17) is 9.47 Å². The molecule has 0 aromatic carbocycles. The number of nitrogens with one attached hydrogen (secondary N) is 1. The van der Waals surface area contributed by atoms with Crippen LogP contribution in [0.2, 0.25) is 0 Å². The van der Waals surface area contributed by atoms with E-state index in [1.807, 2.05) is 0 Å². The summed E-state index contributed by atoms with van der Waals surface area (Å²) in [7, 11) is 0. The van der Waals surface area contributed by atoms with Crippen molar-refractivity contribution in [2.24, 2.45) is 0 Å². The summed E-state index contributed by atoms with van der Waals surface area (Å²) in [5.74, 6) is -1.67. The number of ether oxygens (including phenoxy) is 2. The number of pyridine rings is 1. The fourth-order valence-electron chi connectivity index (χ4n) is 1.89. The summed E-state index contributed by atoms with van der Waals surface area (Å²) in [4.78, 5) is 40.1. The molecule has 2 rings (SSSR count). The highest BCUT2D eigenvalue weighted by Crippen LogP contribution is 2.06. The number of fused-ring (bicyclic) bond motifs is 1. The van der Waals surface area contributed by atoms with Gasteiger partial charge in [0.1, 0.15) is 11.3 Å². The maximum absolute atomic E-state index is 12.3. The average Bonchev–Trinajstić information content (AvgIpc) is 2.57. The predicted octanol–water partition coefficient (Wildman–Crippen LogP) is 1.12. The smallest absolute Gasteiger partial charge is 0.347 e. The van der Waals surface area contributed by atoms with Crippen LogP contribution in [-0.4, -0.2) is 34.5 Å². The number of carbonyl (C=O) groups is 2. The first kappa shape index (κ1) is 17.2. The Morgan fingerprint density at radius 3 is 2.50 bits per heavy atom. The van der Waals surface area contributed by atoms with Gasteiger partial charge >= 0.3 is 11.9 Å². The van der Waals surface area contributed by atoms with Gasteiger partial charge in [-0.05, 0) is 26.0 Å². The van der Waals surface area contributed by atoms with Crippen molar-refractivity contribution in [3.63, 3.8) is 0 Å². The van der Waals surface area contributed by atoms with Crippen molar-refractivity contribution < 1.29 is 19.1 Å². The molecule has 0 bridgehead atoms. The third kappa shape index (κ3) is 3.78. The van der Waals surface area contributed by atoms with Crippen LogP contribution >= 0.6 is 0 Å². The van der Waals surface area contributed by atoms with Gasteiger partial charge in [-0.15, -0.1) is 0 Å². The van der Waals surface area contributed by atoms with E-state index in [1.54, 1.807) is 38.2 Å². The first-order chi connectivity index (χ1) is 11.6. The molecule has 2 aromatic heterocycles. The Morgan fingerprint density at radius 1 is 1.21 bits per heavy atom. The molecular formula is C16H17N3O5. The highest BCUT2D eigenvalue weighted by Gasteiger charge is 2.21. The molecule has 24 heavy (non-hydrogen) atoms. The van der Waals surface area contributed by atoms with Gasteiger partial charge in [0.25, 0.3) is 5.56 Å². The van der Waals surface area contributed by atoms with E-state index in [9.17, 15) is 14.4 Å². The number of aromatic nitrogens is 2. The quantitative estimate of drug-likeness (QED) is 0.366. The fourth-order valence-corrected chi connectivity index (χ4v) is 1.89. The summed E-state index contributed by atoms with van der Waals surface area (Å²) in [6, 6.07) is 5.14. The topological polar surface area (TPSA) is 99.0 Å². The normalized spacial score (nSPS) is 10.1. The van der Waals surface area contributed by atoms with Crippen LogP contribution in [0.15, 0.2) is 47.2 Å². The molecule has 2 aromatic rings. The van der Waals surface area contributed by atoms with Crippen LogP contribution < -0.4 is 10.9 Å². The first-order valence-corrected chi connectivity index (χ1v) is 7.35. The molecule has 0 saturated carbocycles. The molecule has 0 amide bonds. The molecule has 0 radical (unpaired) electrons. The second-order valence-electron chi connectivity index (χ2n) is 4.55. The van der Waals surface area contributed by atoms with E-state index in [2.05, 4.69) is 10.3 Å². The zero-order chi connectivity index (χ0) is 17.5. The molecule has 0 fully saturated rings. The van der Waals surface area contributed by atoms with Gasteiger partial charge in [0.05, 0.1) is 19.4 Å². The number of nitrogens with zero attached hydrogens (tertiary/aromatic N) is 2. The van der Waals surface area contributed by atoms with Crippen molar-refractivity contribution in [2.75, 3.05) is 18.5 Å². The molecule has 0 atom stereocenters. The highest BCUT2D eigenvalue weighted by atomic mass is 16.6. The van der Waals surface area contributed by atoms with Crippen molar-refractivity contribution in [3.05, 3.63) is 52.7 Å². The minimum Gasteiger partial charge on any atom is -0.462 e. The first-order valence-electron chi connectivity index (χ1n) is 7.35. The second-order valence-corrected chi connectivity index (χ2v) is 4.55. The monoisotopic (exact) mass is 331 g/mol. The minimum atomic E-state index is -0.836. The van der Waals surface area contributed by atoms with Crippen molar-refractivity contribution in [1.82, 2.24) is 9.38 Å². The largest absolute Gasteiger partial charge is 0.462 e. The SMILES string of the molecule is CCOC(=O)C(=CNc1cnc2ccccn2c1=O)C(=O)OCC. The molecule has 8 nitrogen and oxygen atoms in total. The number of carbonyl (C=O) groups excluding carboxylic acids is 2. The number of hydrogen-bond acceptors (Lipinski definition) is 7. The van der Waals surface area contributed by atoms with Crippen LogP contribution in [0, 0.1) is 0 Å². The van der Waals surface area contributed by atoms with Gasteiger partial charge in [-0.25, -0.2) is 14.6 Å². The molecule has 8 heteroatoms. The Hall–Kier alpha value is -3.16. The number of hydrogen-bond donors (Lipinski definition) is 1. The average molecular weight is 331 g/mol. The Morgan fingerprint density at radius 2 is 1.88 bits per heavy atom. The summed E-state index contributed by atoms with van der Waals surface area (Å²) in [5, 5.41) is 2.62. The van der Waals surface area contributed by atoms with Gasteiger partial charge in [0.15, 0.2) is 5.57 Å². The lowest BCUT2D eigenvalue weighted by Gasteiger charge is -2.08. The van der Waals surface area contributed by atoms with Crippen LogP contribution in [0.5, 0.6) is 0 Å². The number of rotatable bonds is 6. The van der Waals surface area contributed by atoms with Gasteiger partial charge in [-0.3, -0.25) is 9.20 Å². The van der Waals surface area contributed by atoms with Gasteiger partial charge in [0.2, 0.25) is 0 Å². The molecule has 126 valence electrons. The van der Waals surface area contributed by atoms with Crippen LogP contribution in [0.3, 0.4) is 0 Å². The fraction of sp³-hybridized carbons (Fsp3) is 0.250. The Balaban J connectivity index is 2.34.